The van der Waals surface area contributed by atoms with E-state index in [0.717, 1.165) is 5.02 Å². The summed E-state index contributed by atoms with van der Waals surface area (Å²) in [5.41, 5.74) is 1.28. The summed E-state index contributed by atoms with van der Waals surface area (Å²) in [6.45, 7) is 6.45. The Balaban J connectivity index is 2.66. The molecule has 1 nitrogen and oxygen atoms in total. The average Bonchev–Trinajstić information content (AvgIpc) is 2.04. The van der Waals surface area contributed by atoms with Crippen molar-refractivity contribution in [1.29, 1.82) is 0 Å². The third-order valence-electron chi connectivity index (χ3n) is 1.95. The molecule has 0 aliphatic heterocycles. The standard InChI is InChI=1S/C11H16ClN/c1-8(2)13-9(3)10-4-6-11(12)7-5-10/h4-9,13H,1-3H3/t9-/m0/s1. The second kappa shape index (κ2) is 4.64. The van der Waals surface area contributed by atoms with Gasteiger partial charge in [0.05, 0.1) is 0 Å². The van der Waals surface area contributed by atoms with Crippen LogP contribution in [0, 0.1) is 0 Å². The van der Waals surface area contributed by atoms with Crippen LogP contribution in [0.5, 0.6) is 0 Å². The molecule has 0 spiro atoms. The van der Waals surface area contributed by atoms with E-state index in [9.17, 15) is 0 Å². The van der Waals surface area contributed by atoms with E-state index in [1.807, 2.05) is 12.1 Å². The molecule has 1 N–H and O–H groups in total. The van der Waals surface area contributed by atoms with Gasteiger partial charge in [-0.15, -0.1) is 0 Å². The fourth-order valence-corrected chi connectivity index (χ4v) is 1.47. The third kappa shape index (κ3) is 3.37. The number of hydrogen-bond acceptors (Lipinski definition) is 1. The lowest BCUT2D eigenvalue weighted by atomic mass is 10.1. The number of benzene rings is 1. The first-order valence-corrected chi connectivity index (χ1v) is 4.99. The number of nitrogens with one attached hydrogen (secondary N) is 1. The molecular weight excluding hydrogens is 182 g/mol. The first-order chi connectivity index (χ1) is 6.09. The first kappa shape index (κ1) is 10.6. The van der Waals surface area contributed by atoms with E-state index in [0.29, 0.717) is 12.1 Å². The van der Waals surface area contributed by atoms with E-state index < -0.39 is 0 Å². The van der Waals surface area contributed by atoms with Gasteiger partial charge >= 0.3 is 0 Å². The molecule has 0 saturated heterocycles. The second-order valence-electron chi connectivity index (χ2n) is 3.59. The van der Waals surface area contributed by atoms with Crippen LogP contribution in [0.1, 0.15) is 32.4 Å². The van der Waals surface area contributed by atoms with E-state index in [4.69, 9.17) is 11.6 Å². The van der Waals surface area contributed by atoms with Crippen LogP contribution in [0.15, 0.2) is 24.3 Å². The van der Waals surface area contributed by atoms with E-state index in [1.165, 1.54) is 5.56 Å². The van der Waals surface area contributed by atoms with Gasteiger partial charge in [-0.3, -0.25) is 0 Å². The lowest BCUT2D eigenvalue weighted by molar-refractivity contribution is 0.506. The molecule has 1 aromatic carbocycles. The Labute approximate surface area is 85.1 Å². The number of halogens is 1. The molecule has 0 bridgehead atoms. The second-order valence-corrected chi connectivity index (χ2v) is 4.03. The van der Waals surface area contributed by atoms with Crippen LogP contribution in [0.25, 0.3) is 0 Å². The Hall–Kier alpha value is -0.530. The maximum Gasteiger partial charge on any atom is 0.0406 e. The van der Waals surface area contributed by atoms with Gasteiger partial charge < -0.3 is 5.32 Å². The van der Waals surface area contributed by atoms with E-state index >= 15 is 0 Å². The van der Waals surface area contributed by atoms with Crippen molar-refractivity contribution >= 4 is 11.6 Å². The predicted molar refractivity (Wildman–Crippen MR) is 58.1 cm³/mol. The van der Waals surface area contributed by atoms with Crippen molar-refractivity contribution < 1.29 is 0 Å². The molecule has 0 amide bonds. The minimum absolute atomic E-state index is 0.386. The Morgan fingerprint density at radius 2 is 1.62 bits per heavy atom. The van der Waals surface area contributed by atoms with Gasteiger partial charge in [0.1, 0.15) is 0 Å². The Morgan fingerprint density at radius 1 is 1.08 bits per heavy atom. The fraction of sp³-hybridized carbons (Fsp3) is 0.455. The maximum atomic E-state index is 5.80. The highest BCUT2D eigenvalue weighted by Gasteiger charge is 2.05. The average molecular weight is 198 g/mol. The molecule has 0 radical (unpaired) electrons. The van der Waals surface area contributed by atoms with Crippen molar-refractivity contribution in [2.45, 2.75) is 32.9 Å². The molecule has 0 saturated carbocycles. The Bertz CT molecular complexity index is 253. The summed E-state index contributed by atoms with van der Waals surface area (Å²) in [5.74, 6) is 0. The highest BCUT2D eigenvalue weighted by atomic mass is 35.5. The molecule has 1 atom stereocenters. The maximum absolute atomic E-state index is 5.80. The molecule has 0 aliphatic rings. The van der Waals surface area contributed by atoms with E-state index in [1.54, 1.807) is 0 Å². The lowest BCUT2D eigenvalue weighted by Gasteiger charge is -2.17. The first-order valence-electron chi connectivity index (χ1n) is 4.61. The Kier molecular flexibility index (Phi) is 3.76. The summed E-state index contributed by atoms with van der Waals surface area (Å²) in [6.07, 6.45) is 0. The van der Waals surface area contributed by atoms with Gasteiger partial charge in [-0.25, -0.2) is 0 Å². The quantitative estimate of drug-likeness (QED) is 0.783. The summed E-state index contributed by atoms with van der Waals surface area (Å²) >= 11 is 5.80. The molecule has 1 rings (SSSR count). The van der Waals surface area contributed by atoms with Crippen molar-refractivity contribution in [2.24, 2.45) is 0 Å². The monoisotopic (exact) mass is 197 g/mol. The van der Waals surface area contributed by atoms with Crippen molar-refractivity contribution in [1.82, 2.24) is 5.32 Å². The van der Waals surface area contributed by atoms with Gasteiger partial charge in [0, 0.05) is 17.1 Å². The van der Waals surface area contributed by atoms with Crippen LogP contribution >= 0.6 is 11.6 Å². The van der Waals surface area contributed by atoms with Gasteiger partial charge in [0.15, 0.2) is 0 Å². The summed E-state index contributed by atoms with van der Waals surface area (Å²) in [7, 11) is 0. The number of rotatable bonds is 3. The van der Waals surface area contributed by atoms with Gasteiger partial charge in [-0.1, -0.05) is 37.6 Å². The molecule has 0 aromatic heterocycles. The zero-order valence-corrected chi connectivity index (χ0v) is 9.10. The molecule has 72 valence electrons. The fourth-order valence-electron chi connectivity index (χ4n) is 1.35. The van der Waals surface area contributed by atoms with E-state index in [2.05, 4.69) is 38.2 Å². The smallest absolute Gasteiger partial charge is 0.0406 e. The SMILES string of the molecule is CC(C)N[C@@H](C)c1ccc(Cl)cc1. The topological polar surface area (TPSA) is 12.0 Å². The minimum Gasteiger partial charge on any atom is -0.308 e. The summed E-state index contributed by atoms with van der Waals surface area (Å²) in [6, 6.07) is 8.86. The normalized spacial score (nSPS) is 13.3. The largest absolute Gasteiger partial charge is 0.308 e. The van der Waals surface area contributed by atoms with Gasteiger partial charge in [-0.2, -0.15) is 0 Å². The van der Waals surface area contributed by atoms with Gasteiger partial charge in [0.25, 0.3) is 0 Å². The zero-order valence-electron chi connectivity index (χ0n) is 8.34. The summed E-state index contributed by atoms with van der Waals surface area (Å²) < 4.78 is 0. The molecule has 2 heteroatoms. The predicted octanol–water partition coefficient (Wildman–Crippen LogP) is 3.40. The van der Waals surface area contributed by atoms with Gasteiger partial charge in [-0.05, 0) is 24.6 Å². The van der Waals surface area contributed by atoms with Crippen molar-refractivity contribution in [3.05, 3.63) is 34.9 Å². The minimum atomic E-state index is 0.386. The van der Waals surface area contributed by atoms with Crippen LogP contribution in [-0.2, 0) is 0 Å². The summed E-state index contributed by atoms with van der Waals surface area (Å²) in [5, 5.41) is 4.23. The molecule has 0 unspecified atom stereocenters. The highest BCUT2D eigenvalue weighted by Crippen LogP contribution is 2.16. The Morgan fingerprint density at radius 3 is 2.08 bits per heavy atom. The summed E-state index contributed by atoms with van der Waals surface area (Å²) in [4.78, 5) is 0. The van der Waals surface area contributed by atoms with Gasteiger partial charge in [0.2, 0.25) is 0 Å². The van der Waals surface area contributed by atoms with Crippen molar-refractivity contribution in [3.63, 3.8) is 0 Å². The van der Waals surface area contributed by atoms with Crippen LogP contribution in [0.3, 0.4) is 0 Å². The third-order valence-corrected chi connectivity index (χ3v) is 2.21. The molecule has 0 heterocycles. The van der Waals surface area contributed by atoms with Crippen LogP contribution in [0.2, 0.25) is 5.02 Å². The van der Waals surface area contributed by atoms with Crippen LogP contribution in [-0.4, -0.2) is 6.04 Å². The lowest BCUT2D eigenvalue weighted by Crippen LogP contribution is -2.25. The van der Waals surface area contributed by atoms with Crippen LogP contribution in [0.4, 0.5) is 0 Å². The highest BCUT2D eigenvalue weighted by molar-refractivity contribution is 6.30. The molecule has 0 aliphatic carbocycles. The molecular formula is C11H16ClN. The van der Waals surface area contributed by atoms with Crippen LogP contribution < -0.4 is 5.32 Å². The van der Waals surface area contributed by atoms with E-state index in [-0.39, 0.29) is 0 Å². The van der Waals surface area contributed by atoms with Crippen molar-refractivity contribution in [3.8, 4) is 0 Å². The zero-order chi connectivity index (χ0) is 9.84. The molecule has 13 heavy (non-hydrogen) atoms. The van der Waals surface area contributed by atoms with Crippen molar-refractivity contribution in [2.75, 3.05) is 0 Å². The molecule has 0 fully saturated rings. The molecule has 1 aromatic rings. The number of hydrogen-bond donors (Lipinski definition) is 1.